The number of carboxylic acids is 1. The van der Waals surface area contributed by atoms with E-state index in [1.54, 1.807) is 0 Å². The van der Waals surface area contributed by atoms with E-state index in [0.29, 0.717) is 18.3 Å². The van der Waals surface area contributed by atoms with Crippen molar-refractivity contribution in [2.75, 3.05) is 0 Å². The van der Waals surface area contributed by atoms with Crippen LogP contribution in [-0.2, 0) is 9.59 Å². The van der Waals surface area contributed by atoms with Crippen molar-refractivity contribution < 1.29 is 14.7 Å². The fourth-order valence-electron chi connectivity index (χ4n) is 3.46. The normalized spacial score (nSPS) is 26.8. The molecule has 0 aromatic heterocycles. The van der Waals surface area contributed by atoms with E-state index in [1.165, 1.54) is 6.92 Å². The van der Waals surface area contributed by atoms with Crippen LogP contribution in [0, 0.1) is 11.8 Å². The highest BCUT2D eigenvalue weighted by atomic mass is 16.4. The third-order valence-corrected chi connectivity index (χ3v) is 4.83. The van der Waals surface area contributed by atoms with E-state index >= 15 is 0 Å². The molecule has 3 N–H and O–H groups in total. The molecule has 1 fully saturated rings. The first-order valence-corrected chi connectivity index (χ1v) is 8.18. The average Bonchev–Trinajstić information content (AvgIpc) is 2.87. The second-order valence-electron chi connectivity index (χ2n) is 6.21. The van der Waals surface area contributed by atoms with Gasteiger partial charge in [-0.3, -0.25) is 14.9 Å². The van der Waals surface area contributed by atoms with Gasteiger partial charge in [-0.15, -0.1) is 0 Å². The van der Waals surface area contributed by atoms with Crippen LogP contribution in [0.25, 0.3) is 0 Å². The molecule has 1 saturated heterocycles. The number of aliphatic carboxylic acids is 1. The molecule has 1 aliphatic rings. The topological polar surface area (TPSA) is 78.4 Å². The van der Waals surface area contributed by atoms with Crippen LogP contribution in [0.5, 0.6) is 0 Å². The lowest BCUT2D eigenvalue weighted by Gasteiger charge is -2.31. The Balaban J connectivity index is 2.84. The number of carbonyl (C=O) groups excluding carboxylic acids is 1. The maximum absolute atomic E-state index is 11.5. The summed E-state index contributed by atoms with van der Waals surface area (Å²) < 4.78 is 0. The Kier molecular flexibility index (Phi) is 7.15. The van der Waals surface area contributed by atoms with Crippen LogP contribution in [0.1, 0.15) is 59.8 Å². The van der Waals surface area contributed by atoms with Crippen molar-refractivity contribution in [3.63, 3.8) is 0 Å². The van der Waals surface area contributed by atoms with E-state index in [4.69, 9.17) is 0 Å². The fraction of sp³-hybridized carbons (Fsp3) is 0.875. The Morgan fingerprint density at radius 1 is 1.29 bits per heavy atom. The third-order valence-electron chi connectivity index (χ3n) is 4.83. The minimum absolute atomic E-state index is 0.0155. The predicted molar refractivity (Wildman–Crippen MR) is 83.0 cm³/mol. The van der Waals surface area contributed by atoms with E-state index in [1.807, 2.05) is 0 Å². The predicted octanol–water partition coefficient (Wildman–Crippen LogP) is 2.16. The summed E-state index contributed by atoms with van der Waals surface area (Å²) in [6.45, 7) is 7.95. The van der Waals surface area contributed by atoms with Gasteiger partial charge < -0.3 is 10.4 Å². The molecule has 1 rings (SSSR count). The van der Waals surface area contributed by atoms with E-state index in [2.05, 4.69) is 31.4 Å². The number of rotatable bonds is 8. The highest BCUT2D eigenvalue weighted by Crippen LogP contribution is 2.29. The zero-order chi connectivity index (χ0) is 16.0. The lowest BCUT2D eigenvalue weighted by Crippen LogP contribution is -2.52. The molecule has 0 radical (unpaired) electrons. The van der Waals surface area contributed by atoms with Crippen molar-refractivity contribution in [2.24, 2.45) is 11.8 Å². The van der Waals surface area contributed by atoms with Crippen LogP contribution in [0.2, 0.25) is 0 Å². The molecule has 0 bridgehead atoms. The van der Waals surface area contributed by atoms with Crippen molar-refractivity contribution in [3.8, 4) is 0 Å². The van der Waals surface area contributed by atoms with E-state index in [9.17, 15) is 14.7 Å². The van der Waals surface area contributed by atoms with E-state index in [-0.39, 0.29) is 18.0 Å². The molecule has 21 heavy (non-hydrogen) atoms. The highest BCUT2D eigenvalue weighted by molar-refractivity contribution is 5.74. The van der Waals surface area contributed by atoms with Crippen molar-refractivity contribution in [1.82, 2.24) is 10.6 Å². The van der Waals surface area contributed by atoms with Crippen LogP contribution in [-0.4, -0.2) is 35.1 Å². The molecule has 0 saturated carbocycles. The Labute approximate surface area is 127 Å². The number of carbonyl (C=O) groups is 2. The van der Waals surface area contributed by atoms with Gasteiger partial charge in [0.1, 0.15) is 6.04 Å². The second-order valence-corrected chi connectivity index (χ2v) is 6.21. The monoisotopic (exact) mass is 298 g/mol. The van der Waals surface area contributed by atoms with Gasteiger partial charge in [0.05, 0.1) is 0 Å². The minimum Gasteiger partial charge on any atom is -0.480 e. The van der Waals surface area contributed by atoms with Gasteiger partial charge in [-0.2, -0.15) is 0 Å². The molecule has 0 spiro atoms. The maximum Gasteiger partial charge on any atom is 0.320 e. The zero-order valence-corrected chi connectivity index (χ0v) is 13.7. The molecule has 0 unspecified atom stereocenters. The van der Waals surface area contributed by atoms with Gasteiger partial charge in [-0.25, -0.2) is 0 Å². The first kappa shape index (κ1) is 18.0. The largest absolute Gasteiger partial charge is 0.480 e. The van der Waals surface area contributed by atoms with Gasteiger partial charge in [0.25, 0.3) is 0 Å². The van der Waals surface area contributed by atoms with Gasteiger partial charge in [-0.05, 0) is 24.7 Å². The standard InChI is InChI=1S/C16H30N2O3/c1-5-11(6-2)8-13(17-10(4)19)15-12(7-3)9-14(18-15)16(20)21/h11-15,18H,5-9H2,1-4H3,(H,17,19)(H,20,21)/t12-,13-,14+,15+/m0/s1. The number of amides is 1. The van der Waals surface area contributed by atoms with Crippen LogP contribution in [0.4, 0.5) is 0 Å². The molecule has 4 atom stereocenters. The Bertz CT molecular complexity index is 355. The summed E-state index contributed by atoms with van der Waals surface area (Å²) in [6, 6.07) is -0.416. The number of carboxylic acid groups (broad SMARTS) is 1. The van der Waals surface area contributed by atoms with Crippen LogP contribution < -0.4 is 10.6 Å². The third kappa shape index (κ3) is 4.99. The van der Waals surface area contributed by atoms with Gasteiger partial charge in [0.15, 0.2) is 0 Å². The first-order valence-electron chi connectivity index (χ1n) is 8.18. The summed E-state index contributed by atoms with van der Waals surface area (Å²) >= 11 is 0. The lowest BCUT2D eigenvalue weighted by molar-refractivity contribution is -0.139. The molecule has 122 valence electrons. The van der Waals surface area contributed by atoms with Gasteiger partial charge in [0, 0.05) is 19.0 Å². The number of hydrogen-bond acceptors (Lipinski definition) is 3. The summed E-state index contributed by atoms with van der Waals surface area (Å²) in [5.74, 6) is 0.0313. The highest BCUT2D eigenvalue weighted by Gasteiger charge is 2.40. The summed E-state index contributed by atoms with van der Waals surface area (Å²) in [7, 11) is 0. The molecule has 1 heterocycles. The van der Waals surface area contributed by atoms with E-state index in [0.717, 1.165) is 25.7 Å². The quantitative estimate of drug-likeness (QED) is 0.641. The second kappa shape index (κ2) is 8.37. The zero-order valence-electron chi connectivity index (χ0n) is 13.7. The molecule has 5 heteroatoms. The minimum atomic E-state index is -0.792. The maximum atomic E-state index is 11.5. The molecule has 1 amide bonds. The molecule has 5 nitrogen and oxygen atoms in total. The average molecular weight is 298 g/mol. The lowest BCUT2D eigenvalue weighted by atomic mass is 9.85. The molecule has 0 aromatic rings. The summed E-state index contributed by atoms with van der Waals surface area (Å²) in [4.78, 5) is 22.8. The molecule has 0 aliphatic carbocycles. The SMILES string of the molecule is CCC(CC)C[C@H](NC(C)=O)[C@@H]1N[C@@H](C(=O)O)C[C@@H]1CC. The van der Waals surface area contributed by atoms with E-state index < -0.39 is 12.0 Å². The van der Waals surface area contributed by atoms with Crippen LogP contribution in [0.3, 0.4) is 0 Å². The van der Waals surface area contributed by atoms with Crippen molar-refractivity contribution >= 4 is 11.9 Å². The smallest absolute Gasteiger partial charge is 0.320 e. The number of nitrogens with one attached hydrogen (secondary N) is 2. The number of hydrogen-bond donors (Lipinski definition) is 3. The molecule has 0 aromatic carbocycles. The van der Waals surface area contributed by atoms with Gasteiger partial charge in [0.2, 0.25) is 5.91 Å². The first-order chi connectivity index (χ1) is 9.92. The fourth-order valence-corrected chi connectivity index (χ4v) is 3.46. The molecular weight excluding hydrogens is 268 g/mol. The Morgan fingerprint density at radius 2 is 1.90 bits per heavy atom. The Hall–Kier alpha value is -1.10. The summed E-state index contributed by atoms with van der Waals surface area (Å²) in [5, 5.41) is 15.5. The van der Waals surface area contributed by atoms with Crippen molar-refractivity contribution in [1.29, 1.82) is 0 Å². The van der Waals surface area contributed by atoms with Gasteiger partial charge >= 0.3 is 5.97 Å². The molecule has 1 aliphatic heterocycles. The summed E-state index contributed by atoms with van der Waals surface area (Å²) in [6.07, 6.45) is 4.65. The van der Waals surface area contributed by atoms with Crippen molar-refractivity contribution in [2.45, 2.75) is 77.9 Å². The van der Waals surface area contributed by atoms with Crippen LogP contribution in [0.15, 0.2) is 0 Å². The van der Waals surface area contributed by atoms with Crippen molar-refractivity contribution in [3.05, 3.63) is 0 Å². The Morgan fingerprint density at radius 3 is 2.33 bits per heavy atom. The molecular formula is C16H30N2O3. The summed E-state index contributed by atoms with van der Waals surface area (Å²) in [5.41, 5.74) is 0. The van der Waals surface area contributed by atoms with Gasteiger partial charge in [-0.1, -0.05) is 40.0 Å². The van der Waals surface area contributed by atoms with Crippen LogP contribution >= 0.6 is 0 Å².